The molecule has 0 fully saturated rings. The fraction of sp³-hybridized carbons (Fsp3) is 0.571. The van der Waals surface area contributed by atoms with Crippen LogP contribution in [0.3, 0.4) is 0 Å². The topological polar surface area (TPSA) is 35.2 Å². The predicted molar refractivity (Wildman–Crippen MR) is 68.6 cm³/mol. The molecular weight excluding hydrogens is 198 g/mol. The van der Waals surface area contributed by atoms with Crippen LogP contribution in [0, 0.1) is 0 Å². The van der Waals surface area contributed by atoms with Gasteiger partial charge >= 0.3 is 0 Å². The summed E-state index contributed by atoms with van der Waals surface area (Å²) in [5, 5.41) is 0. The first-order valence-electron chi connectivity index (χ1n) is 5.87. The van der Waals surface area contributed by atoms with E-state index in [0.29, 0.717) is 0 Å². The van der Waals surface area contributed by atoms with Gasteiger partial charge in [0.1, 0.15) is 0 Å². The van der Waals surface area contributed by atoms with Crippen molar-refractivity contribution in [2.45, 2.75) is 38.6 Å². The molecule has 16 heavy (non-hydrogen) atoms. The van der Waals surface area contributed by atoms with Gasteiger partial charge in [-0.25, -0.2) is 0 Å². The number of nitrogens with two attached hydrogens (primary N) is 1. The Bertz CT molecular complexity index is 298. The molecule has 0 aliphatic carbocycles. The highest BCUT2D eigenvalue weighted by molar-refractivity contribution is 5.23. The normalized spacial score (nSPS) is 11.8. The second-order valence-electron chi connectivity index (χ2n) is 5.08. The molecule has 0 unspecified atom stereocenters. The maximum Gasteiger partial charge on any atom is 0.0465 e. The van der Waals surface area contributed by atoms with Gasteiger partial charge in [0.2, 0.25) is 0 Å². The molecule has 0 aliphatic rings. The molecule has 2 nitrogen and oxygen atoms in total. The smallest absolute Gasteiger partial charge is 0.0465 e. The lowest BCUT2D eigenvalue weighted by Gasteiger charge is -2.18. The van der Waals surface area contributed by atoms with Crippen molar-refractivity contribution >= 4 is 0 Å². The van der Waals surface area contributed by atoms with E-state index in [-0.39, 0.29) is 5.54 Å². The van der Waals surface area contributed by atoms with Crippen molar-refractivity contribution in [3.8, 4) is 0 Å². The standard InChI is InChI=1S/C14H23NO/c1-14(2,15)11-13-8-6-12(7-9-13)5-4-10-16-3/h6-9H,4-5,10-11,15H2,1-3H3. The molecule has 2 heteroatoms. The molecule has 0 saturated carbocycles. The minimum Gasteiger partial charge on any atom is -0.385 e. The molecule has 1 rings (SSSR count). The molecule has 2 N–H and O–H groups in total. The van der Waals surface area contributed by atoms with E-state index < -0.39 is 0 Å². The van der Waals surface area contributed by atoms with E-state index in [4.69, 9.17) is 10.5 Å². The highest BCUT2D eigenvalue weighted by Crippen LogP contribution is 2.12. The number of rotatable bonds is 6. The molecule has 0 spiro atoms. The third kappa shape index (κ3) is 5.29. The summed E-state index contributed by atoms with van der Waals surface area (Å²) in [6, 6.07) is 8.74. The van der Waals surface area contributed by atoms with E-state index in [1.54, 1.807) is 7.11 Å². The second kappa shape index (κ2) is 6.02. The van der Waals surface area contributed by atoms with Gasteiger partial charge in [-0.05, 0) is 44.2 Å². The summed E-state index contributed by atoms with van der Waals surface area (Å²) in [5.41, 5.74) is 8.54. The van der Waals surface area contributed by atoms with E-state index in [2.05, 4.69) is 38.1 Å². The van der Waals surface area contributed by atoms with Crippen LogP contribution in [0.15, 0.2) is 24.3 Å². The Morgan fingerprint density at radius 1 is 1.12 bits per heavy atom. The van der Waals surface area contributed by atoms with E-state index in [0.717, 1.165) is 25.9 Å². The van der Waals surface area contributed by atoms with Crippen LogP contribution >= 0.6 is 0 Å². The van der Waals surface area contributed by atoms with Crippen LogP contribution in [-0.4, -0.2) is 19.3 Å². The average molecular weight is 221 g/mol. The van der Waals surface area contributed by atoms with Gasteiger partial charge in [0.25, 0.3) is 0 Å². The average Bonchev–Trinajstić information content (AvgIpc) is 2.19. The van der Waals surface area contributed by atoms with Crippen LogP contribution < -0.4 is 5.73 Å². The molecule has 0 radical (unpaired) electrons. The lowest BCUT2D eigenvalue weighted by atomic mass is 9.95. The molecule has 0 heterocycles. The third-order valence-corrected chi connectivity index (χ3v) is 2.50. The monoisotopic (exact) mass is 221 g/mol. The number of hydrogen-bond donors (Lipinski definition) is 1. The summed E-state index contributed by atoms with van der Waals surface area (Å²) in [6.45, 7) is 4.94. The van der Waals surface area contributed by atoms with Crippen LogP contribution in [0.5, 0.6) is 0 Å². The highest BCUT2D eigenvalue weighted by atomic mass is 16.5. The Morgan fingerprint density at radius 3 is 2.19 bits per heavy atom. The molecule has 0 atom stereocenters. The quantitative estimate of drug-likeness (QED) is 0.749. The van der Waals surface area contributed by atoms with Crippen molar-refractivity contribution in [1.29, 1.82) is 0 Å². The van der Waals surface area contributed by atoms with Gasteiger partial charge in [-0.15, -0.1) is 0 Å². The second-order valence-corrected chi connectivity index (χ2v) is 5.08. The summed E-state index contributed by atoms with van der Waals surface area (Å²) in [5.74, 6) is 0. The molecule has 0 aliphatic heterocycles. The molecule has 90 valence electrons. The maximum absolute atomic E-state index is 5.99. The summed E-state index contributed by atoms with van der Waals surface area (Å²) in [7, 11) is 1.74. The van der Waals surface area contributed by atoms with Crippen LogP contribution in [-0.2, 0) is 17.6 Å². The van der Waals surface area contributed by atoms with Gasteiger partial charge in [0.05, 0.1) is 0 Å². The summed E-state index contributed by atoms with van der Waals surface area (Å²) < 4.78 is 5.04. The molecule has 0 bridgehead atoms. The Morgan fingerprint density at radius 2 is 1.69 bits per heavy atom. The zero-order chi connectivity index (χ0) is 12.0. The lowest BCUT2D eigenvalue weighted by Crippen LogP contribution is -2.34. The molecule has 1 aromatic carbocycles. The minimum absolute atomic E-state index is 0.127. The number of methoxy groups -OCH3 is 1. The minimum atomic E-state index is -0.127. The van der Waals surface area contributed by atoms with Gasteiger partial charge in [-0.2, -0.15) is 0 Å². The van der Waals surface area contributed by atoms with Gasteiger partial charge in [0.15, 0.2) is 0 Å². The number of benzene rings is 1. The van der Waals surface area contributed by atoms with Crippen LogP contribution in [0.2, 0.25) is 0 Å². The molecule has 0 saturated heterocycles. The molecule has 1 aromatic rings. The van der Waals surface area contributed by atoms with E-state index in [1.165, 1.54) is 11.1 Å². The summed E-state index contributed by atoms with van der Waals surface area (Å²) in [6.07, 6.45) is 3.09. The number of ether oxygens (including phenoxy) is 1. The first kappa shape index (κ1) is 13.2. The fourth-order valence-electron chi connectivity index (χ4n) is 1.77. The van der Waals surface area contributed by atoms with Gasteiger partial charge in [-0.3, -0.25) is 0 Å². The zero-order valence-corrected chi connectivity index (χ0v) is 10.6. The van der Waals surface area contributed by atoms with E-state index in [1.807, 2.05) is 0 Å². The summed E-state index contributed by atoms with van der Waals surface area (Å²) >= 11 is 0. The molecule has 0 aromatic heterocycles. The Balaban J connectivity index is 2.48. The van der Waals surface area contributed by atoms with Crippen LogP contribution in [0.4, 0.5) is 0 Å². The van der Waals surface area contributed by atoms with Crippen LogP contribution in [0.1, 0.15) is 31.4 Å². The zero-order valence-electron chi connectivity index (χ0n) is 10.6. The Hall–Kier alpha value is -0.860. The van der Waals surface area contributed by atoms with E-state index in [9.17, 15) is 0 Å². The first-order valence-corrected chi connectivity index (χ1v) is 5.87. The molecule has 0 amide bonds. The van der Waals surface area contributed by atoms with Crippen molar-refractivity contribution in [3.05, 3.63) is 35.4 Å². The largest absolute Gasteiger partial charge is 0.385 e. The highest BCUT2D eigenvalue weighted by Gasteiger charge is 2.10. The van der Waals surface area contributed by atoms with Gasteiger partial charge in [-0.1, -0.05) is 24.3 Å². The third-order valence-electron chi connectivity index (χ3n) is 2.50. The fourth-order valence-corrected chi connectivity index (χ4v) is 1.77. The number of aryl methyl sites for hydroxylation is 1. The number of hydrogen-bond acceptors (Lipinski definition) is 2. The van der Waals surface area contributed by atoms with Crippen molar-refractivity contribution in [3.63, 3.8) is 0 Å². The Labute approximate surface area is 98.8 Å². The predicted octanol–water partition coefficient (Wildman–Crippen LogP) is 2.55. The van der Waals surface area contributed by atoms with Crippen molar-refractivity contribution < 1.29 is 4.74 Å². The van der Waals surface area contributed by atoms with Crippen molar-refractivity contribution in [2.75, 3.05) is 13.7 Å². The maximum atomic E-state index is 5.99. The van der Waals surface area contributed by atoms with E-state index >= 15 is 0 Å². The summed E-state index contributed by atoms with van der Waals surface area (Å²) in [4.78, 5) is 0. The van der Waals surface area contributed by atoms with Crippen LogP contribution in [0.25, 0.3) is 0 Å². The van der Waals surface area contributed by atoms with Crippen molar-refractivity contribution in [1.82, 2.24) is 0 Å². The van der Waals surface area contributed by atoms with Crippen molar-refractivity contribution in [2.24, 2.45) is 5.73 Å². The first-order chi connectivity index (χ1) is 7.51. The SMILES string of the molecule is COCCCc1ccc(CC(C)(C)N)cc1. The lowest BCUT2D eigenvalue weighted by molar-refractivity contribution is 0.195. The van der Waals surface area contributed by atoms with Gasteiger partial charge in [0, 0.05) is 19.3 Å². The Kier molecular flexibility index (Phi) is 4.97. The van der Waals surface area contributed by atoms with Gasteiger partial charge < -0.3 is 10.5 Å². The molecular formula is C14H23NO.